The molecule has 3 rings (SSSR count). The molecule has 61 valence electrons. The van der Waals surface area contributed by atoms with Crippen LogP contribution in [-0.4, -0.2) is 14.3 Å². The fraction of sp³-hybridized carbons (Fsp3) is 0.0833. The minimum Gasteiger partial charge on any atom is -0.0766 e. The van der Waals surface area contributed by atoms with E-state index in [1.54, 1.807) is 5.17 Å². The lowest BCUT2D eigenvalue weighted by Gasteiger charge is -2.02. The highest BCUT2D eigenvalue weighted by Crippen LogP contribution is 2.26. The van der Waals surface area contributed by atoms with Gasteiger partial charge >= 0.3 is 0 Å². The Labute approximate surface area is 80.0 Å². The molecule has 1 aliphatic heterocycles. The van der Waals surface area contributed by atoms with E-state index < -0.39 is 0 Å². The highest BCUT2D eigenvalue weighted by molar-refractivity contribution is 6.66. The van der Waals surface area contributed by atoms with Gasteiger partial charge in [-0.05, 0) is 28.3 Å². The summed E-state index contributed by atoms with van der Waals surface area (Å²) in [5.41, 5.74) is 6.78. The third kappa shape index (κ3) is 1.01. The Morgan fingerprint density at radius 2 is 2.08 bits per heavy atom. The second-order valence-electron chi connectivity index (χ2n) is 3.40. The van der Waals surface area contributed by atoms with Crippen LogP contribution in [0.25, 0.3) is 0 Å². The molecule has 0 aromatic heterocycles. The van der Waals surface area contributed by atoms with E-state index in [1.807, 2.05) is 0 Å². The van der Waals surface area contributed by atoms with E-state index in [2.05, 4.69) is 42.1 Å². The van der Waals surface area contributed by atoms with E-state index in [0.717, 1.165) is 15.6 Å². The smallest absolute Gasteiger partial charge is 0.0609 e. The zero-order valence-electron chi connectivity index (χ0n) is 7.25. The average molecular weight is 181 g/mol. The molecule has 0 fully saturated rings. The van der Waals surface area contributed by atoms with Crippen molar-refractivity contribution in [2.24, 2.45) is 0 Å². The highest BCUT2D eigenvalue weighted by atomic mass is 28.2. The van der Waals surface area contributed by atoms with Gasteiger partial charge in [-0.2, -0.15) is 0 Å². The number of hydrogen-bond donors (Lipinski definition) is 0. The largest absolute Gasteiger partial charge is 0.0766 e. The van der Waals surface area contributed by atoms with Crippen LogP contribution in [0, 0.1) is 0 Å². The number of rotatable bonds is 0. The molecule has 0 amide bonds. The van der Waals surface area contributed by atoms with Crippen LogP contribution in [0.1, 0.15) is 11.1 Å². The molecular weight excluding hydrogens is 172 g/mol. The van der Waals surface area contributed by atoms with Gasteiger partial charge in [0, 0.05) is 0 Å². The maximum Gasteiger partial charge on any atom is 0.0609 e. The van der Waals surface area contributed by atoms with E-state index in [0.29, 0.717) is 0 Å². The monoisotopic (exact) mass is 181 g/mol. The van der Waals surface area contributed by atoms with Crippen molar-refractivity contribution < 1.29 is 0 Å². The first-order valence-electron chi connectivity index (χ1n) is 4.53. The van der Waals surface area contributed by atoms with Crippen LogP contribution >= 0.6 is 0 Å². The first-order chi connectivity index (χ1) is 6.45. The third-order valence-electron chi connectivity index (χ3n) is 2.61. The average Bonchev–Trinajstić information content (AvgIpc) is 2.56. The molecule has 0 nitrogen and oxygen atoms in total. The van der Waals surface area contributed by atoms with Crippen molar-refractivity contribution >= 4 is 14.3 Å². The summed E-state index contributed by atoms with van der Waals surface area (Å²) in [6.07, 6.45) is 5.58. The van der Waals surface area contributed by atoms with Crippen LogP contribution in [0.3, 0.4) is 0 Å². The number of fused-ring (bicyclic) bond motifs is 3. The van der Waals surface area contributed by atoms with Gasteiger partial charge in [0.2, 0.25) is 0 Å². The molecule has 0 bridgehead atoms. The van der Waals surface area contributed by atoms with Crippen molar-refractivity contribution in [3.05, 3.63) is 58.8 Å². The first kappa shape index (κ1) is 7.22. The number of benzene rings is 1. The second-order valence-corrected chi connectivity index (χ2v) is 4.53. The van der Waals surface area contributed by atoms with Crippen LogP contribution in [0.2, 0.25) is 0 Å². The minimum atomic E-state index is 0.870. The lowest BCUT2D eigenvalue weighted by atomic mass is 10.1. The van der Waals surface area contributed by atoms with Gasteiger partial charge < -0.3 is 0 Å². The predicted molar refractivity (Wildman–Crippen MR) is 57.2 cm³/mol. The zero-order valence-corrected chi connectivity index (χ0v) is 8.25. The molecule has 0 N–H and O–H groups in total. The van der Waals surface area contributed by atoms with Gasteiger partial charge in [-0.25, -0.2) is 0 Å². The molecule has 1 aliphatic carbocycles. The van der Waals surface area contributed by atoms with Crippen LogP contribution < -0.4 is 0 Å². The normalized spacial score (nSPS) is 17.5. The molecule has 1 heterocycles. The molecule has 13 heavy (non-hydrogen) atoms. The molecule has 1 aromatic rings. The van der Waals surface area contributed by atoms with E-state index >= 15 is 0 Å². The van der Waals surface area contributed by atoms with E-state index in [1.165, 1.54) is 16.7 Å². The number of hydrogen-bond acceptors (Lipinski definition) is 0. The van der Waals surface area contributed by atoms with Crippen molar-refractivity contribution in [3.8, 4) is 0 Å². The Kier molecular flexibility index (Phi) is 1.46. The lowest BCUT2D eigenvalue weighted by Crippen LogP contribution is -2.05. The van der Waals surface area contributed by atoms with E-state index in [4.69, 9.17) is 0 Å². The molecule has 0 spiro atoms. The maximum absolute atomic E-state index is 2.26. The summed E-state index contributed by atoms with van der Waals surface area (Å²) in [5, 5.41) is 1.57. The van der Waals surface area contributed by atoms with E-state index in [-0.39, 0.29) is 0 Å². The molecule has 1 aromatic carbocycles. The van der Waals surface area contributed by atoms with Gasteiger partial charge in [0.05, 0.1) is 9.13 Å². The summed E-state index contributed by atoms with van der Waals surface area (Å²) in [5.74, 6) is 0. The molecule has 0 atom stereocenters. The molecule has 2 aliphatic rings. The third-order valence-corrected chi connectivity index (χ3v) is 3.85. The zero-order chi connectivity index (χ0) is 8.67. The van der Waals surface area contributed by atoms with Crippen LogP contribution in [0.5, 0.6) is 0 Å². The molecule has 1 heteroatoms. The molecular formula is C12H9Si. The quantitative estimate of drug-likeness (QED) is 0.536. The topological polar surface area (TPSA) is 0 Å². The summed E-state index contributed by atoms with van der Waals surface area (Å²) in [7, 11) is 0.870. The lowest BCUT2D eigenvalue weighted by molar-refractivity contribution is 1.27. The van der Waals surface area contributed by atoms with E-state index in [9.17, 15) is 0 Å². The number of allylic oxidation sites excluding steroid dienone is 3. The fourth-order valence-corrected chi connectivity index (χ4v) is 3.11. The molecule has 1 radical (unpaired) electrons. The van der Waals surface area contributed by atoms with Crippen LogP contribution in [0.4, 0.5) is 0 Å². The fourth-order valence-electron chi connectivity index (χ4n) is 1.99. The Hall–Kier alpha value is -1.21. The summed E-state index contributed by atoms with van der Waals surface area (Å²) in [6.45, 7) is 0. The Bertz CT molecular complexity index is 450. The maximum atomic E-state index is 2.26. The van der Waals surface area contributed by atoms with Crippen molar-refractivity contribution in [1.29, 1.82) is 0 Å². The summed E-state index contributed by atoms with van der Waals surface area (Å²) < 4.78 is 0. The standard InChI is InChI=1S/C12H9Si/c1-2-6-11-9(4-1)8-10-5-3-7-13-12(10)11/h1-7H,8H2. The van der Waals surface area contributed by atoms with Crippen molar-refractivity contribution in [2.75, 3.05) is 0 Å². The molecule has 0 unspecified atom stereocenters. The summed E-state index contributed by atoms with van der Waals surface area (Å²) in [6, 6.07) is 8.76. The minimum absolute atomic E-state index is 0.870. The Morgan fingerprint density at radius 3 is 3.08 bits per heavy atom. The van der Waals surface area contributed by atoms with Gasteiger partial charge in [-0.3, -0.25) is 0 Å². The summed E-state index contributed by atoms with van der Waals surface area (Å²) in [4.78, 5) is 0. The Morgan fingerprint density at radius 1 is 1.15 bits per heavy atom. The van der Waals surface area contributed by atoms with Crippen LogP contribution in [0.15, 0.2) is 47.7 Å². The summed E-state index contributed by atoms with van der Waals surface area (Å²) >= 11 is 0. The van der Waals surface area contributed by atoms with Gasteiger partial charge in [-0.1, -0.05) is 42.1 Å². The molecule has 0 saturated heterocycles. The Balaban J connectivity index is 2.27. The second kappa shape index (κ2) is 2.64. The van der Waals surface area contributed by atoms with Gasteiger partial charge in [0.1, 0.15) is 0 Å². The van der Waals surface area contributed by atoms with Crippen molar-refractivity contribution in [2.45, 2.75) is 6.42 Å². The first-order valence-corrected chi connectivity index (χ1v) is 5.61. The van der Waals surface area contributed by atoms with Gasteiger partial charge in [0.15, 0.2) is 0 Å². The predicted octanol–water partition coefficient (Wildman–Crippen LogP) is 1.92. The van der Waals surface area contributed by atoms with Crippen molar-refractivity contribution in [3.63, 3.8) is 0 Å². The SMILES string of the molecule is C1=C[Si]=C2C(=C1)Cc1ccccc12. The highest BCUT2D eigenvalue weighted by Gasteiger charge is 2.19. The molecule has 0 saturated carbocycles. The van der Waals surface area contributed by atoms with Gasteiger partial charge in [0.25, 0.3) is 0 Å². The van der Waals surface area contributed by atoms with Crippen molar-refractivity contribution in [1.82, 2.24) is 0 Å². The van der Waals surface area contributed by atoms with Gasteiger partial charge in [-0.15, -0.1) is 0 Å². The van der Waals surface area contributed by atoms with Crippen LogP contribution in [-0.2, 0) is 6.42 Å².